The van der Waals surface area contributed by atoms with E-state index in [1.54, 1.807) is 6.07 Å². The van der Waals surface area contributed by atoms with Gasteiger partial charge < -0.3 is 25.8 Å². The van der Waals surface area contributed by atoms with Crippen LogP contribution >= 0.6 is 0 Å². The topological polar surface area (TPSA) is 115 Å². The molecule has 8 heteroatoms. The van der Waals surface area contributed by atoms with Crippen molar-refractivity contribution >= 4 is 11.5 Å². The molecule has 0 unspecified atom stereocenters. The van der Waals surface area contributed by atoms with Gasteiger partial charge in [0.2, 0.25) is 0 Å². The Labute approximate surface area is 194 Å². The number of nitrogens with two attached hydrogens (primary N) is 2. The number of nitrogen functional groups attached to an aromatic ring is 1. The van der Waals surface area contributed by atoms with Crippen LogP contribution in [0.25, 0.3) is 0 Å². The van der Waals surface area contributed by atoms with Crippen molar-refractivity contribution < 1.29 is 9.47 Å². The molecule has 0 spiro atoms. The number of rotatable bonds is 6. The monoisotopic (exact) mass is 446 g/mol. The molecular formula is C25H30N6O2. The molecule has 1 aromatic heterocycles. The summed E-state index contributed by atoms with van der Waals surface area (Å²) in [6.07, 6.45) is 3.15. The standard InChI is InChI=1S/C24H25N5O2.CH5N/c1-2-16-11-22(12-17(14-25)24(16)31-21-7-8-21)30-20-5-3-18(4-6-20)28-9-10-29-19(15-28)13-23(26)27-29;1-2/h3-6,11-13,21H,2,7-10,15H2,1H3,(H2,26,27);2H2,1H3. The number of anilines is 2. The Bertz CT molecular complexity index is 1140. The van der Waals surface area contributed by atoms with Gasteiger partial charge in [0.05, 0.1) is 30.5 Å². The largest absolute Gasteiger partial charge is 0.489 e. The summed E-state index contributed by atoms with van der Waals surface area (Å²) in [5, 5.41) is 13.9. The summed E-state index contributed by atoms with van der Waals surface area (Å²) in [7, 11) is 1.50. The van der Waals surface area contributed by atoms with E-state index >= 15 is 0 Å². The van der Waals surface area contributed by atoms with Gasteiger partial charge in [-0.15, -0.1) is 0 Å². The van der Waals surface area contributed by atoms with Gasteiger partial charge in [-0.25, -0.2) is 0 Å². The van der Waals surface area contributed by atoms with Crippen LogP contribution in [0.2, 0.25) is 0 Å². The van der Waals surface area contributed by atoms with Crippen LogP contribution in [0.15, 0.2) is 42.5 Å². The zero-order valence-electron chi connectivity index (χ0n) is 19.1. The lowest BCUT2D eigenvalue weighted by atomic mass is 10.1. The van der Waals surface area contributed by atoms with E-state index in [0.29, 0.717) is 22.9 Å². The number of nitrogens with zero attached hydrogens (tertiary/aromatic N) is 4. The fourth-order valence-corrected chi connectivity index (χ4v) is 3.93. The minimum Gasteiger partial charge on any atom is -0.489 e. The molecule has 3 aromatic rings. The van der Waals surface area contributed by atoms with E-state index < -0.39 is 0 Å². The molecule has 1 fully saturated rings. The Hall–Kier alpha value is -3.70. The van der Waals surface area contributed by atoms with Crippen LogP contribution in [0.4, 0.5) is 11.5 Å². The maximum atomic E-state index is 9.61. The molecule has 0 bridgehead atoms. The van der Waals surface area contributed by atoms with Gasteiger partial charge in [-0.2, -0.15) is 10.4 Å². The van der Waals surface area contributed by atoms with Crippen molar-refractivity contribution in [2.24, 2.45) is 5.73 Å². The second kappa shape index (κ2) is 9.84. The average Bonchev–Trinajstić information content (AvgIpc) is 3.59. The van der Waals surface area contributed by atoms with Gasteiger partial charge >= 0.3 is 0 Å². The minimum absolute atomic E-state index is 0.251. The maximum absolute atomic E-state index is 9.61. The van der Waals surface area contributed by atoms with Crippen molar-refractivity contribution in [2.75, 3.05) is 24.2 Å². The van der Waals surface area contributed by atoms with Gasteiger partial charge in [-0.05, 0) is 62.2 Å². The summed E-state index contributed by atoms with van der Waals surface area (Å²) < 4.78 is 14.0. The molecule has 4 N–H and O–H groups in total. The zero-order valence-corrected chi connectivity index (χ0v) is 19.1. The Morgan fingerprint density at radius 2 is 1.85 bits per heavy atom. The highest BCUT2D eigenvalue weighted by atomic mass is 16.5. The van der Waals surface area contributed by atoms with Crippen LogP contribution in [-0.4, -0.2) is 29.5 Å². The summed E-state index contributed by atoms with van der Waals surface area (Å²) in [6, 6.07) is 16.0. The molecule has 172 valence electrons. The Morgan fingerprint density at radius 3 is 2.52 bits per heavy atom. The van der Waals surface area contributed by atoms with E-state index in [0.717, 1.165) is 61.6 Å². The van der Waals surface area contributed by atoms with Crippen LogP contribution in [0, 0.1) is 11.3 Å². The van der Waals surface area contributed by atoms with Crippen molar-refractivity contribution in [3.63, 3.8) is 0 Å². The second-order valence-electron chi connectivity index (χ2n) is 8.04. The summed E-state index contributed by atoms with van der Waals surface area (Å²) in [5.74, 6) is 2.66. The molecule has 0 saturated heterocycles. The molecule has 0 amide bonds. The number of hydrogen-bond acceptors (Lipinski definition) is 7. The van der Waals surface area contributed by atoms with Crippen molar-refractivity contribution in [2.45, 2.75) is 45.4 Å². The summed E-state index contributed by atoms with van der Waals surface area (Å²) in [6.45, 7) is 4.53. The number of benzene rings is 2. The lowest BCUT2D eigenvalue weighted by Gasteiger charge is -2.29. The quantitative estimate of drug-likeness (QED) is 0.591. The van der Waals surface area contributed by atoms with E-state index in [-0.39, 0.29) is 6.10 Å². The van der Waals surface area contributed by atoms with Crippen LogP contribution in [0.3, 0.4) is 0 Å². The number of aryl methyl sites for hydroxylation is 1. The molecular weight excluding hydrogens is 416 g/mol. The molecule has 1 aliphatic carbocycles. The van der Waals surface area contributed by atoms with Crippen molar-refractivity contribution in [1.82, 2.24) is 9.78 Å². The molecule has 2 aromatic carbocycles. The van der Waals surface area contributed by atoms with Gasteiger partial charge in [-0.3, -0.25) is 4.68 Å². The van der Waals surface area contributed by atoms with Crippen LogP contribution in [-0.2, 0) is 19.5 Å². The second-order valence-corrected chi connectivity index (χ2v) is 8.04. The molecule has 2 heterocycles. The first kappa shape index (κ1) is 22.5. The lowest BCUT2D eigenvalue weighted by molar-refractivity contribution is 0.298. The molecule has 8 nitrogen and oxygen atoms in total. The van der Waals surface area contributed by atoms with Gasteiger partial charge in [0, 0.05) is 24.4 Å². The van der Waals surface area contributed by atoms with Crippen molar-refractivity contribution in [3.05, 3.63) is 59.3 Å². The fraction of sp³-hybridized carbons (Fsp3) is 0.360. The van der Waals surface area contributed by atoms with E-state index in [4.69, 9.17) is 15.2 Å². The summed E-state index contributed by atoms with van der Waals surface area (Å²) >= 11 is 0. The number of nitriles is 1. The van der Waals surface area contributed by atoms with Gasteiger partial charge in [-0.1, -0.05) is 6.92 Å². The van der Waals surface area contributed by atoms with Gasteiger partial charge in [0.25, 0.3) is 0 Å². The first-order chi connectivity index (χ1) is 16.1. The molecule has 0 radical (unpaired) electrons. The maximum Gasteiger partial charge on any atom is 0.145 e. The highest BCUT2D eigenvalue weighted by Crippen LogP contribution is 2.36. The lowest BCUT2D eigenvalue weighted by Crippen LogP contribution is -2.33. The third-order valence-electron chi connectivity index (χ3n) is 5.70. The highest BCUT2D eigenvalue weighted by molar-refractivity contribution is 5.55. The number of aromatic nitrogens is 2. The normalized spacial score (nSPS) is 14.5. The van der Waals surface area contributed by atoms with Crippen LogP contribution < -0.4 is 25.8 Å². The highest BCUT2D eigenvalue weighted by Gasteiger charge is 2.26. The molecule has 0 atom stereocenters. The van der Waals surface area contributed by atoms with Crippen molar-refractivity contribution in [1.29, 1.82) is 5.26 Å². The Morgan fingerprint density at radius 1 is 1.09 bits per heavy atom. The van der Waals surface area contributed by atoms with Gasteiger partial charge in [0.15, 0.2) is 0 Å². The minimum atomic E-state index is 0.251. The van der Waals surface area contributed by atoms with Crippen molar-refractivity contribution in [3.8, 4) is 23.3 Å². The summed E-state index contributed by atoms with van der Waals surface area (Å²) in [5.41, 5.74) is 14.1. The number of hydrogen-bond donors (Lipinski definition) is 2. The molecule has 2 aliphatic rings. The average molecular weight is 447 g/mol. The van der Waals surface area contributed by atoms with Crippen LogP contribution in [0.5, 0.6) is 17.2 Å². The van der Waals surface area contributed by atoms with E-state index in [1.807, 2.05) is 28.9 Å². The fourth-order valence-electron chi connectivity index (χ4n) is 3.93. The third-order valence-corrected chi connectivity index (χ3v) is 5.70. The molecule has 1 aliphatic heterocycles. The first-order valence-electron chi connectivity index (χ1n) is 11.3. The number of fused-ring (bicyclic) bond motifs is 1. The Kier molecular flexibility index (Phi) is 6.71. The molecule has 5 rings (SSSR count). The smallest absolute Gasteiger partial charge is 0.145 e. The van der Waals surface area contributed by atoms with Crippen LogP contribution in [0.1, 0.15) is 36.6 Å². The molecule has 1 saturated carbocycles. The number of ether oxygens (including phenoxy) is 2. The Balaban J connectivity index is 0.00000126. The summed E-state index contributed by atoms with van der Waals surface area (Å²) in [4.78, 5) is 2.30. The molecule has 33 heavy (non-hydrogen) atoms. The van der Waals surface area contributed by atoms with Gasteiger partial charge in [0.1, 0.15) is 29.1 Å². The zero-order chi connectivity index (χ0) is 23.4. The SMILES string of the molecule is CCc1cc(Oc2ccc(N3CCn4nc(N)cc4C3)cc2)cc(C#N)c1OC1CC1.CN. The van der Waals surface area contributed by atoms with E-state index in [1.165, 1.54) is 7.05 Å². The third kappa shape index (κ3) is 5.04. The van der Waals surface area contributed by atoms with E-state index in [9.17, 15) is 5.26 Å². The predicted octanol–water partition coefficient (Wildman–Crippen LogP) is 3.83. The predicted molar refractivity (Wildman–Crippen MR) is 129 cm³/mol. The first-order valence-corrected chi connectivity index (χ1v) is 11.3. The van der Waals surface area contributed by atoms with E-state index in [2.05, 4.69) is 40.9 Å².